The average Bonchev–Trinajstić information content (AvgIpc) is 2.82. The van der Waals surface area contributed by atoms with Gasteiger partial charge in [0.2, 0.25) is 0 Å². The maximum Gasteiger partial charge on any atom is 0.0716 e. The van der Waals surface area contributed by atoms with Gasteiger partial charge in [0.05, 0.1) is 5.66 Å². The molecule has 2 aliphatic heterocycles. The van der Waals surface area contributed by atoms with Crippen molar-refractivity contribution < 1.29 is 0 Å². The van der Waals surface area contributed by atoms with Crippen LogP contribution in [0.4, 0.5) is 0 Å². The third-order valence-electron chi connectivity index (χ3n) is 4.47. The van der Waals surface area contributed by atoms with Crippen LogP contribution in [-0.2, 0) is 6.54 Å². The fourth-order valence-corrected chi connectivity index (χ4v) is 3.33. The van der Waals surface area contributed by atoms with Crippen LogP contribution in [0.2, 0.25) is 0 Å². The van der Waals surface area contributed by atoms with Crippen molar-refractivity contribution in [3.8, 4) is 0 Å². The van der Waals surface area contributed by atoms with Gasteiger partial charge in [0, 0.05) is 12.6 Å². The topological polar surface area (TPSA) is 15.3 Å². The van der Waals surface area contributed by atoms with Crippen LogP contribution in [0.3, 0.4) is 0 Å². The van der Waals surface area contributed by atoms with E-state index in [0.717, 1.165) is 12.6 Å². The van der Waals surface area contributed by atoms with E-state index in [2.05, 4.69) is 47.6 Å². The molecule has 3 rings (SSSR count). The molecule has 18 heavy (non-hydrogen) atoms. The van der Waals surface area contributed by atoms with Crippen molar-refractivity contribution in [2.75, 3.05) is 7.05 Å². The van der Waals surface area contributed by atoms with Gasteiger partial charge in [0.15, 0.2) is 0 Å². The van der Waals surface area contributed by atoms with Crippen molar-refractivity contribution in [3.63, 3.8) is 0 Å². The molecule has 2 bridgehead atoms. The third kappa shape index (κ3) is 2.67. The van der Waals surface area contributed by atoms with Crippen LogP contribution >= 0.6 is 24.8 Å². The number of halogens is 2. The molecule has 2 saturated heterocycles. The fraction of sp³-hybridized carbons (Fsp3) is 0.571. The highest BCUT2D eigenvalue weighted by atomic mass is 35.5. The van der Waals surface area contributed by atoms with Crippen LogP contribution in [0.1, 0.15) is 31.2 Å². The molecule has 2 heterocycles. The Bertz CT molecular complexity index is 361. The van der Waals surface area contributed by atoms with Crippen LogP contribution in [0.25, 0.3) is 0 Å². The zero-order valence-electron chi connectivity index (χ0n) is 10.8. The van der Waals surface area contributed by atoms with Crippen LogP contribution in [0, 0.1) is 0 Å². The molecule has 4 heteroatoms. The van der Waals surface area contributed by atoms with Gasteiger partial charge in [-0.25, -0.2) is 0 Å². The van der Waals surface area contributed by atoms with Gasteiger partial charge in [-0.15, -0.1) is 24.8 Å². The standard InChI is InChI=1S/C14H20N2.2ClH/c1-16-13-7-9-14(16,10-8-13)15-11-12-5-3-2-4-6-12;;/h2-6,13,15H,7-11H2,1H3;2*1H. The normalized spacial score (nSPS) is 29.7. The maximum absolute atomic E-state index is 3.78. The van der Waals surface area contributed by atoms with Gasteiger partial charge in [-0.2, -0.15) is 0 Å². The van der Waals surface area contributed by atoms with Crippen molar-refractivity contribution in [1.82, 2.24) is 10.2 Å². The molecular weight excluding hydrogens is 267 g/mol. The molecule has 1 aromatic carbocycles. The lowest BCUT2D eigenvalue weighted by atomic mass is 9.95. The van der Waals surface area contributed by atoms with E-state index >= 15 is 0 Å². The first-order valence-electron chi connectivity index (χ1n) is 6.32. The smallest absolute Gasteiger partial charge is 0.0716 e. The first-order chi connectivity index (χ1) is 7.80. The Morgan fingerprint density at radius 3 is 2.28 bits per heavy atom. The largest absolute Gasteiger partial charge is 0.295 e. The van der Waals surface area contributed by atoms with Crippen LogP contribution < -0.4 is 5.32 Å². The third-order valence-corrected chi connectivity index (χ3v) is 4.47. The molecule has 0 spiro atoms. The minimum absolute atomic E-state index is 0. The van der Waals surface area contributed by atoms with Crippen LogP contribution in [0.5, 0.6) is 0 Å². The number of benzene rings is 1. The van der Waals surface area contributed by atoms with Gasteiger partial charge in [0.1, 0.15) is 0 Å². The van der Waals surface area contributed by atoms with E-state index in [9.17, 15) is 0 Å². The summed E-state index contributed by atoms with van der Waals surface area (Å²) in [6.45, 7) is 0.998. The van der Waals surface area contributed by atoms with Crippen molar-refractivity contribution >= 4 is 24.8 Å². The van der Waals surface area contributed by atoms with Gasteiger partial charge in [0.25, 0.3) is 0 Å². The number of nitrogens with zero attached hydrogens (tertiary/aromatic N) is 1. The van der Waals surface area contributed by atoms with E-state index in [-0.39, 0.29) is 24.8 Å². The van der Waals surface area contributed by atoms with E-state index in [1.165, 1.54) is 31.2 Å². The summed E-state index contributed by atoms with van der Waals surface area (Å²) in [5.74, 6) is 0. The lowest BCUT2D eigenvalue weighted by Crippen LogP contribution is -2.50. The fourth-order valence-electron chi connectivity index (χ4n) is 3.33. The SMILES string of the molecule is CN1C2CCC1(NCc1ccccc1)CC2.Cl.Cl. The summed E-state index contributed by atoms with van der Waals surface area (Å²) in [5.41, 5.74) is 1.70. The van der Waals surface area contributed by atoms with Gasteiger partial charge < -0.3 is 0 Å². The second-order valence-corrected chi connectivity index (χ2v) is 5.21. The molecule has 0 aliphatic carbocycles. The number of rotatable bonds is 3. The van der Waals surface area contributed by atoms with Gasteiger partial charge >= 0.3 is 0 Å². The van der Waals surface area contributed by atoms with Crippen molar-refractivity contribution in [1.29, 1.82) is 0 Å². The van der Waals surface area contributed by atoms with Crippen molar-refractivity contribution in [3.05, 3.63) is 35.9 Å². The minimum Gasteiger partial charge on any atom is -0.295 e. The molecule has 0 atom stereocenters. The molecule has 102 valence electrons. The molecule has 0 unspecified atom stereocenters. The lowest BCUT2D eigenvalue weighted by molar-refractivity contribution is 0.147. The van der Waals surface area contributed by atoms with Gasteiger partial charge in [-0.3, -0.25) is 10.2 Å². The zero-order chi connectivity index (χ0) is 11.0. The molecule has 2 fully saturated rings. The van der Waals surface area contributed by atoms with E-state index in [1.54, 1.807) is 0 Å². The van der Waals surface area contributed by atoms with Gasteiger partial charge in [-0.05, 0) is 38.3 Å². The minimum atomic E-state index is 0. The quantitative estimate of drug-likeness (QED) is 0.919. The number of fused-ring (bicyclic) bond motifs is 2. The second kappa shape index (κ2) is 6.25. The summed E-state index contributed by atoms with van der Waals surface area (Å²) in [4.78, 5) is 2.57. The summed E-state index contributed by atoms with van der Waals surface area (Å²) in [7, 11) is 2.28. The highest BCUT2D eigenvalue weighted by molar-refractivity contribution is 5.85. The van der Waals surface area contributed by atoms with E-state index in [4.69, 9.17) is 0 Å². The number of hydrogen-bond acceptors (Lipinski definition) is 2. The maximum atomic E-state index is 3.78. The lowest BCUT2D eigenvalue weighted by Gasteiger charge is -2.33. The molecule has 0 aromatic heterocycles. The summed E-state index contributed by atoms with van der Waals surface area (Å²) < 4.78 is 0. The molecule has 2 nitrogen and oxygen atoms in total. The van der Waals surface area contributed by atoms with E-state index in [1.807, 2.05) is 0 Å². The summed E-state index contributed by atoms with van der Waals surface area (Å²) in [6.07, 6.45) is 5.39. The second-order valence-electron chi connectivity index (χ2n) is 5.21. The average molecular weight is 289 g/mol. The monoisotopic (exact) mass is 288 g/mol. The highest BCUT2D eigenvalue weighted by Gasteiger charge is 2.48. The van der Waals surface area contributed by atoms with Crippen molar-refractivity contribution in [2.24, 2.45) is 0 Å². The number of hydrogen-bond donors (Lipinski definition) is 1. The molecule has 1 aromatic rings. The Balaban J connectivity index is 0.000000810. The first kappa shape index (κ1) is 15.8. The molecule has 0 radical (unpaired) electrons. The summed E-state index contributed by atoms with van der Waals surface area (Å²) in [6, 6.07) is 11.5. The predicted octanol–water partition coefficient (Wildman–Crippen LogP) is 3.20. The zero-order valence-corrected chi connectivity index (χ0v) is 12.4. The Hall–Kier alpha value is -0.280. The Kier molecular flexibility index (Phi) is 5.47. The summed E-state index contributed by atoms with van der Waals surface area (Å²) in [5, 5.41) is 3.78. The summed E-state index contributed by atoms with van der Waals surface area (Å²) >= 11 is 0. The Labute approximate surface area is 122 Å². The first-order valence-corrected chi connectivity index (χ1v) is 6.32. The van der Waals surface area contributed by atoms with Crippen LogP contribution in [-0.4, -0.2) is 23.7 Å². The molecular formula is C14H22Cl2N2. The van der Waals surface area contributed by atoms with Gasteiger partial charge in [-0.1, -0.05) is 30.3 Å². The molecule has 0 saturated carbocycles. The van der Waals surface area contributed by atoms with Crippen LogP contribution in [0.15, 0.2) is 30.3 Å². The molecule has 2 aliphatic rings. The van der Waals surface area contributed by atoms with Crippen molar-refractivity contribution in [2.45, 2.75) is 43.9 Å². The predicted molar refractivity (Wildman–Crippen MR) is 80.5 cm³/mol. The van der Waals surface area contributed by atoms with E-state index < -0.39 is 0 Å². The van der Waals surface area contributed by atoms with E-state index in [0.29, 0.717) is 5.66 Å². The Morgan fingerprint density at radius 2 is 1.78 bits per heavy atom. The number of nitrogens with one attached hydrogen (secondary N) is 1. The molecule has 1 N–H and O–H groups in total. The molecule has 0 amide bonds. The Morgan fingerprint density at radius 1 is 1.17 bits per heavy atom. The highest BCUT2D eigenvalue weighted by Crippen LogP contribution is 2.43.